The third-order valence-electron chi connectivity index (χ3n) is 4.55. The Hall–Kier alpha value is -2.37. The highest BCUT2D eigenvalue weighted by Gasteiger charge is 2.17. The van der Waals surface area contributed by atoms with Gasteiger partial charge in [-0.05, 0) is 66.3 Å². The number of methoxy groups -OCH3 is 2. The first kappa shape index (κ1) is 18.4. The number of ether oxygens (including phenoxy) is 4. The topological polar surface area (TPSA) is 54.0 Å². The molecule has 1 aliphatic heterocycles. The minimum absolute atomic E-state index is 0.177. The summed E-state index contributed by atoms with van der Waals surface area (Å²) in [5.74, 6) is 1.40. The fourth-order valence-corrected chi connectivity index (χ4v) is 3.12. The molecule has 5 nitrogen and oxygen atoms in total. The van der Waals surface area contributed by atoms with Crippen LogP contribution in [-0.4, -0.2) is 33.4 Å². The van der Waals surface area contributed by atoms with Crippen molar-refractivity contribution in [2.75, 3.05) is 20.8 Å². The van der Waals surface area contributed by atoms with Gasteiger partial charge in [-0.3, -0.25) is 4.79 Å². The van der Waals surface area contributed by atoms with E-state index in [1.807, 2.05) is 30.3 Å². The van der Waals surface area contributed by atoms with Crippen molar-refractivity contribution in [3.63, 3.8) is 0 Å². The van der Waals surface area contributed by atoms with Gasteiger partial charge in [0.15, 0.2) is 12.6 Å². The second-order valence-electron chi connectivity index (χ2n) is 6.20. The molecule has 1 fully saturated rings. The van der Waals surface area contributed by atoms with Crippen LogP contribution in [0.15, 0.2) is 36.4 Å². The molecule has 1 saturated heterocycles. The zero-order chi connectivity index (χ0) is 18.4. The first-order valence-electron chi connectivity index (χ1n) is 8.79. The summed E-state index contributed by atoms with van der Waals surface area (Å²) in [6, 6.07) is 11.3. The summed E-state index contributed by atoms with van der Waals surface area (Å²) in [7, 11) is 3.22. The van der Waals surface area contributed by atoms with E-state index in [9.17, 15) is 4.79 Å². The minimum atomic E-state index is -0.177. The molecule has 0 amide bonds. The third kappa shape index (κ3) is 4.23. The van der Waals surface area contributed by atoms with Crippen molar-refractivity contribution in [3.8, 4) is 22.6 Å². The first-order valence-corrected chi connectivity index (χ1v) is 8.79. The van der Waals surface area contributed by atoms with E-state index < -0.39 is 0 Å². The molecule has 0 N–H and O–H groups in total. The molecule has 1 heterocycles. The van der Waals surface area contributed by atoms with Crippen molar-refractivity contribution in [3.05, 3.63) is 47.5 Å². The Kier molecular flexibility index (Phi) is 6.26. The highest BCUT2D eigenvalue weighted by Crippen LogP contribution is 2.32. The lowest BCUT2D eigenvalue weighted by molar-refractivity contribution is -0.168. The summed E-state index contributed by atoms with van der Waals surface area (Å²) in [5, 5.41) is 0. The zero-order valence-corrected chi connectivity index (χ0v) is 15.2. The second-order valence-corrected chi connectivity index (χ2v) is 6.20. The van der Waals surface area contributed by atoms with Crippen LogP contribution >= 0.6 is 0 Å². The summed E-state index contributed by atoms with van der Waals surface area (Å²) >= 11 is 0. The van der Waals surface area contributed by atoms with Crippen molar-refractivity contribution in [1.29, 1.82) is 0 Å². The summed E-state index contributed by atoms with van der Waals surface area (Å²) in [6.07, 6.45) is 3.77. The molecule has 1 aliphatic rings. The molecule has 5 heteroatoms. The van der Waals surface area contributed by atoms with Crippen LogP contribution in [0.25, 0.3) is 11.1 Å². The van der Waals surface area contributed by atoms with Gasteiger partial charge in [0.1, 0.15) is 11.5 Å². The van der Waals surface area contributed by atoms with Crippen molar-refractivity contribution in [2.45, 2.75) is 32.2 Å². The van der Waals surface area contributed by atoms with E-state index in [2.05, 4.69) is 0 Å². The van der Waals surface area contributed by atoms with Crippen LogP contribution in [0.4, 0.5) is 0 Å². The maximum Gasteiger partial charge on any atom is 0.158 e. The maximum atomic E-state index is 11.6. The Labute approximate surface area is 153 Å². The average molecular weight is 356 g/mol. The van der Waals surface area contributed by atoms with Crippen LogP contribution in [0.3, 0.4) is 0 Å². The summed E-state index contributed by atoms with van der Waals surface area (Å²) < 4.78 is 22.2. The Balaban J connectivity index is 1.92. The van der Waals surface area contributed by atoms with Gasteiger partial charge in [-0.25, -0.2) is 0 Å². The second kappa shape index (κ2) is 8.83. The van der Waals surface area contributed by atoms with E-state index >= 15 is 0 Å². The standard InChI is InChI=1S/C21H24O5/c1-23-17-6-8-19(15(11-17)13-22)20-9-7-18(24-2)12-16(20)14-26-21-5-3-4-10-25-21/h6-9,11-13,21H,3-5,10,14H2,1-2H3. The largest absolute Gasteiger partial charge is 0.497 e. The van der Waals surface area contributed by atoms with Crippen LogP contribution in [0.5, 0.6) is 11.5 Å². The van der Waals surface area contributed by atoms with E-state index in [1.165, 1.54) is 0 Å². The molecule has 138 valence electrons. The van der Waals surface area contributed by atoms with Crippen LogP contribution in [0.1, 0.15) is 35.2 Å². The number of aldehydes is 1. The highest BCUT2D eigenvalue weighted by molar-refractivity contribution is 5.89. The molecule has 26 heavy (non-hydrogen) atoms. The number of carbonyl (C=O) groups is 1. The lowest BCUT2D eigenvalue weighted by Crippen LogP contribution is -2.22. The van der Waals surface area contributed by atoms with Crippen LogP contribution in [0, 0.1) is 0 Å². The van der Waals surface area contributed by atoms with Gasteiger partial charge in [-0.2, -0.15) is 0 Å². The predicted molar refractivity (Wildman–Crippen MR) is 98.7 cm³/mol. The SMILES string of the molecule is COc1ccc(-c2ccc(OC)cc2COC2CCCCO2)c(C=O)c1. The van der Waals surface area contributed by atoms with E-state index in [4.69, 9.17) is 18.9 Å². The lowest BCUT2D eigenvalue weighted by atomic mass is 9.95. The smallest absolute Gasteiger partial charge is 0.158 e. The van der Waals surface area contributed by atoms with Gasteiger partial charge in [-0.15, -0.1) is 0 Å². The fourth-order valence-electron chi connectivity index (χ4n) is 3.12. The maximum absolute atomic E-state index is 11.6. The molecule has 0 saturated carbocycles. The zero-order valence-electron chi connectivity index (χ0n) is 15.2. The number of carbonyl (C=O) groups excluding carboxylic acids is 1. The van der Waals surface area contributed by atoms with Gasteiger partial charge in [0.25, 0.3) is 0 Å². The first-order chi connectivity index (χ1) is 12.7. The Morgan fingerprint density at radius 1 is 1.04 bits per heavy atom. The Morgan fingerprint density at radius 2 is 1.77 bits per heavy atom. The minimum Gasteiger partial charge on any atom is -0.497 e. The van der Waals surface area contributed by atoms with E-state index in [-0.39, 0.29) is 6.29 Å². The van der Waals surface area contributed by atoms with Gasteiger partial charge >= 0.3 is 0 Å². The molecule has 2 aromatic carbocycles. The number of hydrogen-bond acceptors (Lipinski definition) is 5. The quantitative estimate of drug-likeness (QED) is 0.695. The molecule has 0 radical (unpaired) electrons. The summed E-state index contributed by atoms with van der Waals surface area (Å²) in [6.45, 7) is 1.13. The van der Waals surface area contributed by atoms with E-state index in [0.717, 1.165) is 54.6 Å². The molecule has 0 spiro atoms. The van der Waals surface area contributed by atoms with Crippen LogP contribution < -0.4 is 9.47 Å². The van der Waals surface area contributed by atoms with Gasteiger partial charge in [0.2, 0.25) is 0 Å². The average Bonchev–Trinajstić information content (AvgIpc) is 2.72. The van der Waals surface area contributed by atoms with Gasteiger partial charge < -0.3 is 18.9 Å². The molecule has 1 unspecified atom stereocenters. The van der Waals surface area contributed by atoms with E-state index in [0.29, 0.717) is 17.9 Å². The highest BCUT2D eigenvalue weighted by atomic mass is 16.7. The van der Waals surface area contributed by atoms with Crippen LogP contribution in [-0.2, 0) is 16.1 Å². The van der Waals surface area contributed by atoms with Crippen molar-refractivity contribution >= 4 is 6.29 Å². The molecule has 3 rings (SSSR count). The fraction of sp³-hybridized carbons (Fsp3) is 0.381. The van der Waals surface area contributed by atoms with Gasteiger partial charge in [0.05, 0.1) is 20.8 Å². The molecule has 0 aliphatic carbocycles. The number of hydrogen-bond donors (Lipinski definition) is 0. The number of benzene rings is 2. The van der Waals surface area contributed by atoms with Crippen molar-refractivity contribution in [1.82, 2.24) is 0 Å². The molecule has 0 bridgehead atoms. The molecule has 0 aromatic heterocycles. The molecular weight excluding hydrogens is 332 g/mol. The van der Waals surface area contributed by atoms with Gasteiger partial charge in [-0.1, -0.05) is 6.07 Å². The third-order valence-corrected chi connectivity index (χ3v) is 4.55. The summed E-state index contributed by atoms with van der Waals surface area (Å²) in [5.41, 5.74) is 3.30. The monoisotopic (exact) mass is 356 g/mol. The van der Waals surface area contributed by atoms with Gasteiger partial charge in [0, 0.05) is 12.2 Å². The van der Waals surface area contributed by atoms with Crippen LogP contribution in [0.2, 0.25) is 0 Å². The van der Waals surface area contributed by atoms with Crippen molar-refractivity contribution in [2.24, 2.45) is 0 Å². The van der Waals surface area contributed by atoms with Crippen molar-refractivity contribution < 1.29 is 23.7 Å². The predicted octanol–water partition coefficient (Wildman–Crippen LogP) is 4.23. The Bertz CT molecular complexity index is 750. The lowest BCUT2D eigenvalue weighted by Gasteiger charge is -2.23. The molecule has 1 atom stereocenters. The molecular formula is C21H24O5. The van der Waals surface area contributed by atoms with E-state index in [1.54, 1.807) is 20.3 Å². The summed E-state index contributed by atoms with van der Waals surface area (Å²) in [4.78, 5) is 11.6. The number of rotatable bonds is 7. The normalized spacial score (nSPS) is 16.9. The molecule has 2 aromatic rings. The Morgan fingerprint density at radius 3 is 2.42 bits per heavy atom.